The Labute approximate surface area is 158 Å². The van der Waals surface area contributed by atoms with Gasteiger partial charge in [0.15, 0.2) is 11.5 Å². The molecule has 0 saturated heterocycles. The predicted molar refractivity (Wildman–Crippen MR) is 97.6 cm³/mol. The van der Waals surface area contributed by atoms with Crippen molar-refractivity contribution in [3.05, 3.63) is 65.6 Å². The molecule has 0 saturated carbocycles. The van der Waals surface area contributed by atoms with Crippen LogP contribution in [0.4, 0.5) is 13.2 Å². The van der Waals surface area contributed by atoms with Gasteiger partial charge in [-0.1, -0.05) is 6.07 Å². The summed E-state index contributed by atoms with van der Waals surface area (Å²) in [5, 5.41) is 11.1. The van der Waals surface area contributed by atoms with Crippen LogP contribution in [0.2, 0.25) is 0 Å². The molecule has 3 rings (SSSR count). The highest BCUT2D eigenvalue weighted by Crippen LogP contribution is 2.29. The SMILES string of the molecule is CSCCC(NC(=O)c1ccc(C(F)(F)F)cc1)c1nnc2ccccn12. The van der Waals surface area contributed by atoms with Gasteiger partial charge in [-0.05, 0) is 54.8 Å². The number of carbonyl (C=O) groups is 1. The van der Waals surface area contributed by atoms with E-state index in [1.165, 1.54) is 12.1 Å². The molecule has 0 aliphatic carbocycles. The molecule has 1 aromatic carbocycles. The minimum absolute atomic E-state index is 0.158. The summed E-state index contributed by atoms with van der Waals surface area (Å²) in [5.74, 6) is 0.905. The molecule has 142 valence electrons. The van der Waals surface area contributed by atoms with Gasteiger partial charge in [-0.15, -0.1) is 10.2 Å². The highest BCUT2D eigenvalue weighted by molar-refractivity contribution is 7.98. The summed E-state index contributed by atoms with van der Waals surface area (Å²) in [6.45, 7) is 0. The second-order valence-corrected chi connectivity index (χ2v) is 6.86. The number of aromatic nitrogens is 3. The van der Waals surface area contributed by atoms with Crippen LogP contribution in [0.5, 0.6) is 0 Å². The zero-order chi connectivity index (χ0) is 19.4. The van der Waals surface area contributed by atoms with Gasteiger partial charge in [-0.2, -0.15) is 24.9 Å². The second kappa shape index (κ2) is 7.99. The van der Waals surface area contributed by atoms with E-state index in [4.69, 9.17) is 0 Å². The van der Waals surface area contributed by atoms with E-state index in [2.05, 4.69) is 15.5 Å². The quantitative estimate of drug-likeness (QED) is 0.687. The van der Waals surface area contributed by atoms with Gasteiger partial charge in [-0.3, -0.25) is 9.20 Å². The highest BCUT2D eigenvalue weighted by atomic mass is 32.2. The van der Waals surface area contributed by atoms with Crippen molar-refractivity contribution in [2.75, 3.05) is 12.0 Å². The molecule has 0 radical (unpaired) electrons. The lowest BCUT2D eigenvalue weighted by Gasteiger charge is -2.17. The second-order valence-electron chi connectivity index (χ2n) is 5.87. The number of nitrogens with zero attached hydrogens (tertiary/aromatic N) is 3. The van der Waals surface area contributed by atoms with E-state index in [0.717, 1.165) is 17.9 Å². The fourth-order valence-corrected chi connectivity index (χ4v) is 3.12. The van der Waals surface area contributed by atoms with E-state index >= 15 is 0 Å². The standard InChI is InChI=1S/C18H17F3N4OS/c1-27-11-9-14(16-24-23-15-4-2-3-10-25(15)16)22-17(26)12-5-7-13(8-6-12)18(19,20)21/h2-8,10,14H,9,11H2,1H3,(H,22,26). The summed E-state index contributed by atoms with van der Waals surface area (Å²) in [4.78, 5) is 12.6. The Morgan fingerprint density at radius 1 is 1.19 bits per heavy atom. The van der Waals surface area contributed by atoms with E-state index in [9.17, 15) is 18.0 Å². The summed E-state index contributed by atoms with van der Waals surface area (Å²) < 4.78 is 39.8. The van der Waals surface area contributed by atoms with Crippen LogP contribution in [0.15, 0.2) is 48.7 Å². The van der Waals surface area contributed by atoms with Crippen LogP contribution in [0, 0.1) is 0 Å². The first kappa shape index (κ1) is 19.2. The molecule has 9 heteroatoms. The van der Waals surface area contributed by atoms with Gasteiger partial charge >= 0.3 is 6.18 Å². The number of rotatable bonds is 6. The molecule has 2 aromatic heterocycles. The van der Waals surface area contributed by atoms with Gasteiger partial charge in [0.2, 0.25) is 0 Å². The molecule has 1 unspecified atom stereocenters. The van der Waals surface area contributed by atoms with Gasteiger partial charge in [-0.25, -0.2) is 0 Å². The monoisotopic (exact) mass is 394 g/mol. The van der Waals surface area contributed by atoms with Crippen molar-refractivity contribution < 1.29 is 18.0 Å². The summed E-state index contributed by atoms with van der Waals surface area (Å²) >= 11 is 1.63. The van der Waals surface area contributed by atoms with Crippen LogP contribution in [0.3, 0.4) is 0 Å². The number of halogens is 3. The Morgan fingerprint density at radius 2 is 1.93 bits per heavy atom. The lowest BCUT2D eigenvalue weighted by atomic mass is 10.1. The van der Waals surface area contributed by atoms with E-state index in [0.29, 0.717) is 17.9 Å². The maximum absolute atomic E-state index is 12.7. The van der Waals surface area contributed by atoms with Crippen LogP contribution < -0.4 is 5.32 Å². The number of hydrogen-bond acceptors (Lipinski definition) is 4. The number of pyridine rings is 1. The summed E-state index contributed by atoms with van der Waals surface area (Å²) in [7, 11) is 0. The van der Waals surface area contributed by atoms with E-state index < -0.39 is 23.7 Å². The van der Waals surface area contributed by atoms with Crippen molar-refractivity contribution in [2.24, 2.45) is 0 Å². The molecule has 1 N–H and O–H groups in total. The van der Waals surface area contributed by atoms with Crippen molar-refractivity contribution in [1.29, 1.82) is 0 Å². The Hall–Kier alpha value is -2.55. The third-order valence-corrected chi connectivity index (χ3v) is 4.69. The number of benzene rings is 1. The van der Waals surface area contributed by atoms with E-state index in [1.807, 2.05) is 18.4 Å². The Morgan fingerprint density at radius 3 is 2.59 bits per heavy atom. The molecule has 2 heterocycles. The van der Waals surface area contributed by atoms with E-state index in [-0.39, 0.29) is 5.56 Å². The minimum atomic E-state index is -4.43. The number of alkyl halides is 3. The first-order chi connectivity index (χ1) is 12.9. The fourth-order valence-electron chi connectivity index (χ4n) is 2.65. The Bertz CT molecular complexity index is 924. The maximum Gasteiger partial charge on any atom is 0.416 e. The number of nitrogens with one attached hydrogen (secondary N) is 1. The van der Waals surface area contributed by atoms with Gasteiger partial charge in [0.05, 0.1) is 11.6 Å². The summed E-state index contributed by atoms with van der Waals surface area (Å²) in [6.07, 6.45) is -0.0583. The van der Waals surface area contributed by atoms with Gasteiger partial charge < -0.3 is 5.32 Å². The van der Waals surface area contributed by atoms with Crippen LogP contribution in [0.1, 0.15) is 34.2 Å². The summed E-state index contributed by atoms with van der Waals surface area (Å²) in [6, 6.07) is 9.22. The number of carbonyl (C=O) groups excluding carboxylic acids is 1. The molecule has 0 bridgehead atoms. The van der Waals surface area contributed by atoms with Crippen LogP contribution in [-0.2, 0) is 6.18 Å². The van der Waals surface area contributed by atoms with Gasteiger partial charge in [0, 0.05) is 11.8 Å². The topological polar surface area (TPSA) is 59.3 Å². The van der Waals surface area contributed by atoms with E-state index in [1.54, 1.807) is 28.4 Å². The van der Waals surface area contributed by atoms with Crippen LogP contribution in [-0.4, -0.2) is 32.5 Å². The van der Waals surface area contributed by atoms with Crippen molar-refractivity contribution in [3.8, 4) is 0 Å². The van der Waals surface area contributed by atoms with Crippen LogP contribution >= 0.6 is 11.8 Å². The van der Waals surface area contributed by atoms with Gasteiger partial charge in [0.1, 0.15) is 0 Å². The molecular weight excluding hydrogens is 377 g/mol. The first-order valence-electron chi connectivity index (χ1n) is 8.17. The van der Waals surface area contributed by atoms with Crippen LogP contribution in [0.25, 0.3) is 5.65 Å². The van der Waals surface area contributed by atoms with Crippen molar-refractivity contribution >= 4 is 23.3 Å². The molecule has 1 atom stereocenters. The number of hydrogen-bond donors (Lipinski definition) is 1. The number of thioether (sulfide) groups is 1. The molecular formula is C18H17F3N4OS. The molecule has 27 heavy (non-hydrogen) atoms. The largest absolute Gasteiger partial charge is 0.416 e. The Balaban J connectivity index is 1.83. The molecule has 5 nitrogen and oxygen atoms in total. The Kier molecular flexibility index (Phi) is 5.69. The lowest BCUT2D eigenvalue weighted by molar-refractivity contribution is -0.137. The molecule has 1 amide bonds. The smallest absolute Gasteiger partial charge is 0.342 e. The van der Waals surface area contributed by atoms with Crippen molar-refractivity contribution in [2.45, 2.75) is 18.6 Å². The maximum atomic E-state index is 12.7. The number of fused-ring (bicyclic) bond motifs is 1. The number of amides is 1. The summed E-state index contributed by atoms with van der Waals surface area (Å²) in [5.41, 5.74) is 0.0258. The molecule has 3 aromatic rings. The average molecular weight is 394 g/mol. The fraction of sp³-hybridized carbons (Fsp3) is 0.278. The first-order valence-corrected chi connectivity index (χ1v) is 9.56. The predicted octanol–water partition coefficient (Wildman–Crippen LogP) is 3.97. The zero-order valence-corrected chi connectivity index (χ0v) is 15.2. The van der Waals surface area contributed by atoms with Crippen molar-refractivity contribution in [1.82, 2.24) is 19.9 Å². The van der Waals surface area contributed by atoms with Crippen molar-refractivity contribution in [3.63, 3.8) is 0 Å². The van der Waals surface area contributed by atoms with Gasteiger partial charge in [0.25, 0.3) is 5.91 Å². The minimum Gasteiger partial charge on any atom is -0.342 e. The highest BCUT2D eigenvalue weighted by Gasteiger charge is 2.30. The third-order valence-electron chi connectivity index (χ3n) is 4.04. The normalized spacial score (nSPS) is 12.9. The average Bonchev–Trinajstić information content (AvgIpc) is 3.08. The lowest BCUT2D eigenvalue weighted by Crippen LogP contribution is -2.30. The molecule has 0 aliphatic heterocycles. The third kappa shape index (κ3) is 4.41. The zero-order valence-electron chi connectivity index (χ0n) is 14.4. The molecule has 0 fully saturated rings. The molecule has 0 spiro atoms. The molecule has 0 aliphatic rings.